The van der Waals surface area contributed by atoms with Gasteiger partial charge in [0.25, 0.3) is 0 Å². The zero-order chi connectivity index (χ0) is 23.3. The highest BCUT2D eigenvalue weighted by Crippen LogP contribution is 2.34. The Labute approximate surface area is 203 Å². The standard InChI is InChI=1S/C30H24N2OS/c1-21-28(32-30(34-21)25-15-9-4-10-16-25)24-17-19-26(20-18-24)31-29(33)27(22-11-5-2-6-12-22)23-13-7-3-8-14-23/h2-20,27H,1H3,(H,31,33). The minimum Gasteiger partial charge on any atom is -0.325 e. The van der Waals surface area contributed by atoms with Crippen LogP contribution in [-0.2, 0) is 4.79 Å². The second-order valence-corrected chi connectivity index (χ2v) is 9.31. The van der Waals surface area contributed by atoms with Crippen LogP contribution in [0, 0.1) is 6.92 Å². The predicted octanol–water partition coefficient (Wildman–Crippen LogP) is 7.56. The molecule has 5 rings (SSSR count). The van der Waals surface area contributed by atoms with Crippen molar-refractivity contribution in [3.05, 3.63) is 131 Å². The summed E-state index contributed by atoms with van der Waals surface area (Å²) in [5, 5.41) is 4.12. The number of rotatable bonds is 6. The SMILES string of the molecule is Cc1sc(-c2ccccc2)nc1-c1ccc(NC(=O)C(c2ccccc2)c2ccccc2)cc1. The molecule has 4 aromatic carbocycles. The van der Waals surface area contributed by atoms with Crippen molar-refractivity contribution < 1.29 is 4.79 Å². The molecule has 0 saturated heterocycles. The molecule has 1 aromatic heterocycles. The molecule has 0 aliphatic carbocycles. The summed E-state index contributed by atoms with van der Waals surface area (Å²) in [6.07, 6.45) is 0. The van der Waals surface area contributed by atoms with Gasteiger partial charge < -0.3 is 5.32 Å². The fraction of sp³-hybridized carbons (Fsp3) is 0.0667. The fourth-order valence-corrected chi connectivity index (χ4v) is 5.02. The lowest BCUT2D eigenvalue weighted by Gasteiger charge is -2.18. The van der Waals surface area contributed by atoms with E-state index in [1.807, 2.05) is 103 Å². The number of carbonyl (C=O) groups excluding carboxylic acids is 1. The molecule has 0 aliphatic heterocycles. The number of carbonyl (C=O) groups is 1. The molecule has 34 heavy (non-hydrogen) atoms. The maximum absolute atomic E-state index is 13.4. The summed E-state index contributed by atoms with van der Waals surface area (Å²) in [5.41, 5.74) is 5.84. The van der Waals surface area contributed by atoms with Crippen molar-refractivity contribution in [1.29, 1.82) is 0 Å². The number of nitrogens with zero attached hydrogens (tertiary/aromatic N) is 1. The molecular weight excluding hydrogens is 436 g/mol. The molecule has 0 radical (unpaired) electrons. The average molecular weight is 461 g/mol. The number of aryl methyl sites for hydroxylation is 1. The van der Waals surface area contributed by atoms with Gasteiger partial charge in [-0.3, -0.25) is 4.79 Å². The van der Waals surface area contributed by atoms with Gasteiger partial charge in [0.15, 0.2) is 0 Å². The third kappa shape index (κ3) is 4.68. The van der Waals surface area contributed by atoms with Crippen molar-refractivity contribution in [3.8, 4) is 21.8 Å². The Bertz CT molecular complexity index is 1340. The molecule has 1 N–H and O–H groups in total. The van der Waals surface area contributed by atoms with E-state index in [2.05, 4.69) is 24.4 Å². The third-order valence-electron chi connectivity index (χ3n) is 5.77. The molecule has 1 amide bonds. The first-order valence-corrected chi connectivity index (χ1v) is 12.0. The number of hydrogen-bond donors (Lipinski definition) is 1. The molecule has 0 fully saturated rings. The normalized spacial score (nSPS) is 10.9. The van der Waals surface area contributed by atoms with Crippen molar-refractivity contribution in [2.75, 3.05) is 5.32 Å². The summed E-state index contributed by atoms with van der Waals surface area (Å²) in [5.74, 6) is -0.433. The van der Waals surface area contributed by atoms with Crippen LogP contribution in [-0.4, -0.2) is 10.9 Å². The highest BCUT2D eigenvalue weighted by atomic mass is 32.1. The molecule has 0 unspecified atom stereocenters. The Morgan fingerprint density at radius 2 is 1.24 bits per heavy atom. The Balaban J connectivity index is 1.38. The minimum absolute atomic E-state index is 0.0543. The van der Waals surface area contributed by atoms with Gasteiger partial charge in [-0.2, -0.15) is 0 Å². The fourth-order valence-electron chi connectivity index (χ4n) is 4.08. The number of nitrogens with one attached hydrogen (secondary N) is 1. The summed E-state index contributed by atoms with van der Waals surface area (Å²) in [7, 11) is 0. The van der Waals surface area contributed by atoms with E-state index in [-0.39, 0.29) is 11.8 Å². The van der Waals surface area contributed by atoms with Crippen LogP contribution in [0.1, 0.15) is 21.9 Å². The maximum Gasteiger partial charge on any atom is 0.236 e. The van der Waals surface area contributed by atoms with E-state index in [0.29, 0.717) is 0 Å². The number of anilines is 1. The van der Waals surface area contributed by atoms with Gasteiger partial charge in [-0.15, -0.1) is 11.3 Å². The van der Waals surface area contributed by atoms with E-state index >= 15 is 0 Å². The largest absolute Gasteiger partial charge is 0.325 e. The van der Waals surface area contributed by atoms with Crippen molar-refractivity contribution >= 4 is 22.9 Å². The van der Waals surface area contributed by atoms with Crippen LogP contribution in [0.2, 0.25) is 0 Å². The van der Waals surface area contributed by atoms with Crippen molar-refractivity contribution in [3.63, 3.8) is 0 Å². The summed E-state index contributed by atoms with van der Waals surface area (Å²) < 4.78 is 0. The van der Waals surface area contributed by atoms with Crippen LogP contribution in [0.3, 0.4) is 0 Å². The van der Waals surface area contributed by atoms with Crippen molar-refractivity contribution in [2.24, 2.45) is 0 Å². The summed E-state index contributed by atoms with van der Waals surface area (Å²) in [4.78, 5) is 19.4. The molecule has 166 valence electrons. The van der Waals surface area contributed by atoms with E-state index in [1.54, 1.807) is 11.3 Å². The van der Waals surface area contributed by atoms with E-state index in [4.69, 9.17) is 4.98 Å². The molecule has 0 spiro atoms. The van der Waals surface area contributed by atoms with Crippen LogP contribution in [0.4, 0.5) is 5.69 Å². The first-order chi connectivity index (χ1) is 16.7. The minimum atomic E-state index is -0.378. The second-order valence-electron chi connectivity index (χ2n) is 8.11. The predicted molar refractivity (Wildman–Crippen MR) is 141 cm³/mol. The topological polar surface area (TPSA) is 42.0 Å². The molecule has 4 heteroatoms. The third-order valence-corrected chi connectivity index (χ3v) is 6.79. The molecule has 1 heterocycles. The van der Waals surface area contributed by atoms with Crippen molar-refractivity contribution in [1.82, 2.24) is 4.98 Å². The molecule has 5 aromatic rings. The van der Waals surface area contributed by atoms with Gasteiger partial charge in [-0.1, -0.05) is 103 Å². The van der Waals surface area contributed by atoms with Crippen LogP contribution in [0.5, 0.6) is 0 Å². The quantitative estimate of drug-likeness (QED) is 0.284. The average Bonchev–Trinajstić information content (AvgIpc) is 3.28. The number of benzene rings is 4. The van der Waals surface area contributed by atoms with Crippen LogP contribution >= 0.6 is 11.3 Å². The monoisotopic (exact) mass is 460 g/mol. The van der Waals surface area contributed by atoms with Gasteiger partial charge in [0, 0.05) is 21.7 Å². The zero-order valence-corrected chi connectivity index (χ0v) is 19.6. The van der Waals surface area contributed by atoms with Crippen LogP contribution < -0.4 is 5.32 Å². The summed E-state index contributed by atoms with van der Waals surface area (Å²) in [6.45, 7) is 2.10. The molecular formula is C30H24N2OS. The van der Waals surface area contributed by atoms with Gasteiger partial charge in [-0.05, 0) is 30.2 Å². The number of hydrogen-bond acceptors (Lipinski definition) is 3. The molecule has 0 aliphatic rings. The smallest absolute Gasteiger partial charge is 0.236 e. The first kappa shape index (κ1) is 21.8. The Morgan fingerprint density at radius 3 is 1.79 bits per heavy atom. The summed E-state index contributed by atoms with van der Waals surface area (Å²) >= 11 is 1.70. The highest BCUT2D eigenvalue weighted by Gasteiger charge is 2.22. The molecule has 0 atom stereocenters. The van der Waals surface area contributed by atoms with Gasteiger partial charge in [0.05, 0.1) is 11.6 Å². The van der Waals surface area contributed by atoms with Gasteiger partial charge in [0.2, 0.25) is 5.91 Å². The first-order valence-electron chi connectivity index (χ1n) is 11.2. The maximum atomic E-state index is 13.4. The van der Waals surface area contributed by atoms with Crippen LogP contribution in [0.25, 0.3) is 21.8 Å². The van der Waals surface area contributed by atoms with Crippen molar-refractivity contribution in [2.45, 2.75) is 12.8 Å². The highest BCUT2D eigenvalue weighted by molar-refractivity contribution is 7.15. The Kier molecular flexibility index (Phi) is 6.32. The van der Waals surface area contributed by atoms with Crippen LogP contribution in [0.15, 0.2) is 115 Å². The van der Waals surface area contributed by atoms with E-state index in [9.17, 15) is 4.79 Å². The summed E-state index contributed by atoms with van der Waals surface area (Å²) in [6, 6.07) is 37.9. The molecule has 0 saturated carbocycles. The molecule has 3 nitrogen and oxygen atoms in total. The number of thiazole rings is 1. The van der Waals surface area contributed by atoms with Gasteiger partial charge in [-0.25, -0.2) is 4.98 Å². The Hall–Kier alpha value is -4.02. The van der Waals surface area contributed by atoms with E-state index in [0.717, 1.165) is 38.6 Å². The zero-order valence-electron chi connectivity index (χ0n) is 18.8. The lowest BCUT2D eigenvalue weighted by molar-refractivity contribution is -0.116. The van der Waals surface area contributed by atoms with Gasteiger partial charge in [0.1, 0.15) is 5.01 Å². The second kappa shape index (κ2) is 9.86. The Morgan fingerprint density at radius 1 is 0.706 bits per heavy atom. The molecule has 0 bridgehead atoms. The number of amides is 1. The van der Waals surface area contributed by atoms with E-state index < -0.39 is 0 Å². The van der Waals surface area contributed by atoms with Gasteiger partial charge >= 0.3 is 0 Å². The number of aromatic nitrogens is 1. The lowest BCUT2D eigenvalue weighted by Crippen LogP contribution is -2.22. The lowest BCUT2D eigenvalue weighted by atomic mass is 9.90. The van der Waals surface area contributed by atoms with E-state index in [1.165, 1.54) is 4.88 Å².